The Kier molecular flexibility index (Phi) is 4.43. The van der Waals surface area contributed by atoms with Crippen LogP contribution in [0.3, 0.4) is 0 Å². The summed E-state index contributed by atoms with van der Waals surface area (Å²) in [5, 5.41) is 9.19. The first-order valence-corrected chi connectivity index (χ1v) is 8.05. The lowest BCUT2D eigenvalue weighted by atomic mass is 10.2. The first-order valence-electron chi connectivity index (χ1n) is 7.17. The molecule has 0 saturated carbocycles. The molecule has 0 saturated heterocycles. The van der Waals surface area contributed by atoms with Crippen LogP contribution in [0.15, 0.2) is 47.8 Å². The molecular weight excluding hydrogens is 310 g/mol. The highest BCUT2D eigenvalue weighted by atomic mass is 32.1. The van der Waals surface area contributed by atoms with Gasteiger partial charge >= 0.3 is 0 Å². The molecule has 0 bridgehead atoms. The fourth-order valence-electron chi connectivity index (χ4n) is 2.35. The van der Waals surface area contributed by atoms with Crippen LogP contribution in [0.2, 0.25) is 0 Å². The fraction of sp³-hybridized carbons (Fsp3) is 0.176. The van der Waals surface area contributed by atoms with E-state index in [9.17, 15) is 4.79 Å². The summed E-state index contributed by atoms with van der Waals surface area (Å²) in [5.41, 5.74) is 2.27. The summed E-state index contributed by atoms with van der Waals surface area (Å²) in [6.45, 7) is 0.397. The summed E-state index contributed by atoms with van der Waals surface area (Å²) in [7, 11) is 3.46. The second kappa shape index (κ2) is 6.66. The Hall–Kier alpha value is -2.60. The summed E-state index contributed by atoms with van der Waals surface area (Å²) in [6, 6.07) is 13.4. The number of aryl methyl sites for hydroxylation is 1. The Balaban J connectivity index is 1.73. The zero-order chi connectivity index (χ0) is 16.2. The van der Waals surface area contributed by atoms with E-state index in [1.165, 1.54) is 0 Å². The maximum absolute atomic E-state index is 12.3. The zero-order valence-electron chi connectivity index (χ0n) is 12.9. The Morgan fingerprint density at radius 3 is 2.87 bits per heavy atom. The van der Waals surface area contributed by atoms with Gasteiger partial charge in [0.25, 0.3) is 5.91 Å². The van der Waals surface area contributed by atoms with Crippen LogP contribution in [0.1, 0.15) is 16.1 Å². The zero-order valence-corrected chi connectivity index (χ0v) is 13.8. The van der Waals surface area contributed by atoms with Gasteiger partial charge in [0.05, 0.1) is 17.7 Å². The van der Waals surface area contributed by atoms with Crippen LogP contribution in [-0.4, -0.2) is 22.8 Å². The van der Waals surface area contributed by atoms with Crippen molar-refractivity contribution in [1.82, 2.24) is 15.1 Å². The van der Waals surface area contributed by atoms with Crippen molar-refractivity contribution in [3.63, 3.8) is 0 Å². The van der Waals surface area contributed by atoms with Crippen LogP contribution in [0, 0.1) is 0 Å². The highest BCUT2D eigenvalue weighted by molar-refractivity contribution is 7.13. The highest BCUT2D eigenvalue weighted by Gasteiger charge is 2.14. The second-order valence-corrected chi connectivity index (χ2v) is 5.96. The lowest BCUT2D eigenvalue weighted by Gasteiger charge is -2.08. The van der Waals surface area contributed by atoms with Crippen LogP contribution in [0.4, 0.5) is 0 Å². The van der Waals surface area contributed by atoms with E-state index in [1.54, 1.807) is 23.1 Å². The van der Waals surface area contributed by atoms with Gasteiger partial charge < -0.3 is 10.1 Å². The number of aromatic nitrogens is 2. The summed E-state index contributed by atoms with van der Waals surface area (Å²) < 4.78 is 7.01. The smallest absolute Gasteiger partial charge is 0.272 e. The van der Waals surface area contributed by atoms with Crippen molar-refractivity contribution in [2.45, 2.75) is 6.54 Å². The van der Waals surface area contributed by atoms with Gasteiger partial charge in [0.15, 0.2) is 5.69 Å². The molecule has 3 rings (SSSR count). The van der Waals surface area contributed by atoms with Gasteiger partial charge in [-0.3, -0.25) is 9.48 Å². The summed E-state index contributed by atoms with van der Waals surface area (Å²) >= 11 is 1.62. The van der Waals surface area contributed by atoms with Crippen molar-refractivity contribution in [3.8, 4) is 16.3 Å². The molecule has 5 nitrogen and oxygen atoms in total. The van der Waals surface area contributed by atoms with E-state index < -0.39 is 0 Å². The number of ether oxygens (including phenoxy) is 1. The van der Waals surface area contributed by atoms with Crippen molar-refractivity contribution >= 4 is 17.2 Å². The molecule has 1 N–H and O–H groups in total. The number of carbonyl (C=O) groups excluding carboxylic acids is 1. The van der Waals surface area contributed by atoms with Crippen molar-refractivity contribution in [2.24, 2.45) is 7.05 Å². The standard InChI is InChI=1S/C17H17N3O2S/c1-20-14(16-8-5-9-23-16)10-13(19-20)17(21)18-11-12-6-3-4-7-15(12)22-2/h3-10H,11H2,1-2H3,(H,18,21). The summed E-state index contributed by atoms with van der Waals surface area (Å²) in [4.78, 5) is 13.4. The van der Waals surface area contributed by atoms with E-state index >= 15 is 0 Å². The van der Waals surface area contributed by atoms with Crippen molar-refractivity contribution in [3.05, 3.63) is 59.1 Å². The fourth-order valence-corrected chi connectivity index (χ4v) is 3.12. The molecule has 2 heterocycles. The number of amides is 1. The van der Waals surface area contributed by atoms with Gasteiger partial charge in [-0.2, -0.15) is 5.10 Å². The Morgan fingerprint density at radius 1 is 1.30 bits per heavy atom. The van der Waals surface area contributed by atoms with Crippen LogP contribution in [0.25, 0.3) is 10.6 Å². The largest absolute Gasteiger partial charge is 0.496 e. The molecule has 3 aromatic rings. The Bertz CT molecular complexity index is 809. The van der Waals surface area contributed by atoms with Crippen LogP contribution in [-0.2, 0) is 13.6 Å². The van der Waals surface area contributed by atoms with Gasteiger partial charge in [0.2, 0.25) is 0 Å². The van der Waals surface area contributed by atoms with Gasteiger partial charge in [-0.25, -0.2) is 0 Å². The van der Waals surface area contributed by atoms with Gasteiger partial charge in [0.1, 0.15) is 5.75 Å². The third-order valence-corrected chi connectivity index (χ3v) is 4.41. The minimum atomic E-state index is -0.200. The number of carbonyl (C=O) groups is 1. The van der Waals surface area contributed by atoms with E-state index in [-0.39, 0.29) is 5.91 Å². The molecule has 1 amide bonds. The number of hydrogen-bond donors (Lipinski definition) is 1. The highest BCUT2D eigenvalue weighted by Crippen LogP contribution is 2.25. The van der Waals surface area contributed by atoms with Gasteiger partial charge in [-0.15, -0.1) is 11.3 Å². The number of hydrogen-bond acceptors (Lipinski definition) is 4. The Labute approximate surface area is 138 Å². The molecule has 0 fully saturated rings. The number of nitrogens with one attached hydrogen (secondary N) is 1. The lowest BCUT2D eigenvalue weighted by Crippen LogP contribution is -2.23. The number of nitrogens with zero attached hydrogens (tertiary/aromatic N) is 2. The molecule has 0 aliphatic heterocycles. The molecule has 118 valence electrons. The number of thiophene rings is 1. The second-order valence-electron chi connectivity index (χ2n) is 5.01. The third-order valence-electron chi connectivity index (χ3n) is 3.52. The van der Waals surface area contributed by atoms with E-state index in [1.807, 2.05) is 54.9 Å². The molecule has 2 aromatic heterocycles. The SMILES string of the molecule is COc1ccccc1CNC(=O)c1cc(-c2cccs2)n(C)n1. The number of benzene rings is 1. The van der Waals surface area contributed by atoms with Gasteiger partial charge in [-0.05, 0) is 23.6 Å². The molecule has 0 aliphatic rings. The minimum absolute atomic E-state index is 0.200. The molecule has 0 spiro atoms. The molecule has 23 heavy (non-hydrogen) atoms. The van der Waals surface area contributed by atoms with Crippen molar-refractivity contribution in [1.29, 1.82) is 0 Å². The molecule has 6 heteroatoms. The third kappa shape index (κ3) is 3.27. The topological polar surface area (TPSA) is 56.1 Å². The van der Waals surface area contributed by atoms with Crippen LogP contribution >= 0.6 is 11.3 Å². The number of methoxy groups -OCH3 is 1. The van der Waals surface area contributed by atoms with E-state index in [0.29, 0.717) is 12.2 Å². The average Bonchev–Trinajstić information content (AvgIpc) is 3.22. The summed E-state index contributed by atoms with van der Waals surface area (Å²) in [5.74, 6) is 0.558. The van der Waals surface area contributed by atoms with Crippen LogP contribution < -0.4 is 10.1 Å². The van der Waals surface area contributed by atoms with E-state index in [0.717, 1.165) is 21.9 Å². The molecular formula is C17H17N3O2S. The van der Waals surface area contributed by atoms with E-state index in [2.05, 4.69) is 10.4 Å². The Morgan fingerprint density at radius 2 is 2.13 bits per heavy atom. The molecule has 0 unspecified atom stereocenters. The first-order chi connectivity index (χ1) is 11.2. The number of rotatable bonds is 5. The molecule has 1 aromatic carbocycles. The van der Waals surface area contributed by atoms with Gasteiger partial charge in [0, 0.05) is 19.2 Å². The normalized spacial score (nSPS) is 10.5. The average molecular weight is 327 g/mol. The predicted octanol–water partition coefficient (Wildman–Crippen LogP) is 3.09. The monoisotopic (exact) mass is 327 g/mol. The van der Waals surface area contributed by atoms with Crippen molar-refractivity contribution < 1.29 is 9.53 Å². The van der Waals surface area contributed by atoms with E-state index in [4.69, 9.17) is 4.74 Å². The first kappa shape index (κ1) is 15.3. The predicted molar refractivity (Wildman–Crippen MR) is 90.7 cm³/mol. The van der Waals surface area contributed by atoms with Gasteiger partial charge in [-0.1, -0.05) is 24.3 Å². The maximum atomic E-state index is 12.3. The molecule has 0 aliphatic carbocycles. The van der Waals surface area contributed by atoms with Crippen molar-refractivity contribution in [2.75, 3.05) is 7.11 Å². The van der Waals surface area contributed by atoms with Crippen LogP contribution in [0.5, 0.6) is 5.75 Å². The summed E-state index contributed by atoms with van der Waals surface area (Å²) in [6.07, 6.45) is 0. The lowest BCUT2D eigenvalue weighted by molar-refractivity contribution is 0.0945. The maximum Gasteiger partial charge on any atom is 0.272 e. The molecule has 0 radical (unpaired) electrons. The minimum Gasteiger partial charge on any atom is -0.496 e. The quantitative estimate of drug-likeness (QED) is 0.783. The molecule has 0 atom stereocenters. The number of para-hydroxylation sites is 1.